The molecule has 0 saturated heterocycles. The van der Waals surface area contributed by atoms with Crippen LogP contribution < -0.4 is 5.32 Å². The maximum atomic E-state index is 9.20. The average molecular weight is 185 g/mol. The van der Waals surface area contributed by atoms with Crippen LogP contribution in [0.4, 0.5) is 0 Å². The molecule has 0 spiro atoms. The second-order valence-electron chi connectivity index (χ2n) is 4.40. The van der Waals surface area contributed by atoms with Crippen LogP contribution in [0.2, 0.25) is 0 Å². The second-order valence-corrected chi connectivity index (χ2v) is 4.40. The largest absolute Gasteiger partial charge is 0.396 e. The van der Waals surface area contributed by atoms with Crippen molar-refractivity contribution in [3.63, 3.8) is 0 Å². The fourth-order valence-electron chi connectivity index (χ4n) is 1.92. The minimum atomic E-state index is 0.256. The van der Waals surface area contributed by atoms with E-state index in [0.29, 0.717) is 6.61 Å². The molecule has 0 heterocycles. The molecule has 78 valence electrons. The van der Waals surface area contributed by atoms with E-state index in [1.165, 1.54) is 38.5 Å². The molecule has 1 rings (SSSR count). The minimum Gasteiger partial charge on any atom is -0.396 e. The van der Waals surface area contributed by atoms with Gasteiger partial charge in [0.15, 0.2) is 0 Å². The highest BCUT2D eigenvalue weighted by molar-refractivity contribution is 4.88. The highest BCUT2D eigenvalue weighted by atomic mass is 16.3. The number of nitrogens with one attached hydrogen (secondary N) is 1. The van der Waals surface area contributed by atoms with Crippen LogP contribution in [0.25, 0.3) is 0 Å². The van der Waals surface area contributed by atoms with E-state index in [-0.39, 0.29) is 5.41 Å². The molecule has 1 fully saturated rings. The van der Waals surface area contributed by atoms with Crippen LogP contribution in [0.15, 0.2) is 0 Å². The van der Waals surface area contributed by atoms with Gasteiger partial charge in [0.1, 0.15) is 0 Å². The van der Waals surface area contributed by atoms with Gasteiger partial charge < -0.3 is 10.4 Å². The Balaban J connectivity index is 1.98. The molecule has 0 amide bonds. The van der Waals surface area contributed by atoms with Crippen LogP contribution in [0.1, 0.15) is 45.4 Å². The zero-order valence-electron chi connectivity index (χ0n) is 8.81. The van der Waals surface area contributed by atoms with Gasteiger partial charge in [-0.3, -0.25) is 0 Å². The molecule has 2 N–H and O–H groups in total. The van der Waals surface area contributed by atoms with Gasteiger partial charge in [-0.1, -0.05) is 26.2 Å². The lowest BCUT2D eigenvalue weighted by Crippen LogP contribution is -2.43. The molecule has 0 aromatic carbocycles. The van der Waals surface area contributed by atoms with E-state index < -0.39 is 0 Å². The summed E-state index contributed by atoms with van der Waals surface area (Å²) in [6.45, 7) is 4.73. The molecule has 1 aliphatic rings. The summed E-state index contributed by atoms with van der Waals surface area (Å²) in [4.78, 5) is 0. The van der Waals surface area contributed by atoms with Crippen molar-refractivity contribution in [2.24, 2.45) is 5.41 Å². The zero-order valence-corrected chi connectivity index (χ0v) is 8.81. The van der Waals surface area contributed by atoms with Crippen molar-refractivity contribution in [1.82, 2.24) is 5.32 Å². The first-order valence-electron chi connectivity index (χ1n) is 5.64. The number of unbranched alkanes of at least 4 members (excludes halogenated alkanes) is 2. The van der Waals surface area contributed by atoms with Crippen molar-refractivity contribution in [2.45, 2.75) is 45.4 Å². The fourth-order valence-corrected chi connectivity index (χ4v) is 1.92. The number of aliphatic hydroxyl groups excluding tert-OH is 1. The van der Waals surface area contributed by atoms with Crippen molar-refractivity contribution in [2.75, 3.05) is 19.7 Å². The summed E-state index contributed by atoms with van der Waals surface area (Å²) < 4.78 is 0. The third kappa shape index (κ3) is 3.28. The number of hydrogen-bond acceptors (Lipinski definition) is 2. The average Bonchev–Trinajstić information content (AvgIpc) is 2.09. The zero-order chi connectivity index (χ0) is 9.57. The Morgan fingerprint density at radius 3 is 2.54 bits per heavy atom. The van der Waals surface area contributed by atoms with Gasteiger partial charge in [0.25, 0.3) is 0 Å². The smallest absolute Gasteiger partial charge is 0.0499 e. The Morgan fingerprint density at radius 1 is 1.31 bits per heavy atom. The molecule has 1 saturated carbocycles. The van der Waals surface area contributed by atoms with Gasteiger partial charge in [0.05, 0.1) is 0 Å². The molecule has 0 atom stereocenters. The molecule has 0 aromatic heterocycles. The summed E-state index contributed by atoms with van der Waals surface area (Å²) in [6, 6.07) is 0. The molecular formula is C11H23NO. The maximum absolute atomic E-state index is 9.20. The highest BCUT2D eigenvalue weighted by Crippen LogP contribution is 2.39. The second kappa shape index (κ2) is 5.61. The van der Waals surface area contributed by atoms with E-state index in [1.807, 2.05) is 0 Å². The number of rotatable bonds is 7. The Labute approximate surface area is 81.7 Å². The van der Waals surface area contributed by atoms with Crippen molar-refractivity contribution in [3.05, 3.63) is 0 Å². The van der Waals surface area contributed by atoms with Crippen LogP contribution in [-0.2, 0) is 0 Å². The van der Waals surface area contributed by atoms with Crippen molar-refractivity contribution in [1.29, 1.82) is 0 Å². The Kier molecular flexibility index (Phi) is 4.74. The Hall–Kier alpha value is -0.0800. The van der Waals surface area contributed by atoms with Gasteiger partial charge in [-0.15, -0.1) is 0 Å². The minimum absolute atomic E-state index is 0.256. The lowest BCUT2D eigenvalue weighted by molar-refractivity contribution is 0.0449. The molecule has 0 bridgehead atoms. The van der Waals surface area contributed by atoms with Crippen LogP contribution in [-0.4, -0.2) is 24.8 Å². The van der Waals surface area contributed by atoms with E-state index in [4.69, 9.17) is 0 Å². The summed E-state index contributed by atoms with van der Waals surface area (Å²) in [5, 5.41) is 12.7. The number of aliphatic hydroxyl groups is 1. The third-order valence-electron chi connectivity index (χ3n) is 3.21. The molecule has 13 heavy (non-hydrogen) atoms. The summed E-state index contributed by atoms with van der Waals surface area (Å²) in [6.07, 6.45) is 7.61. The first kappa shape index (κ1) is 11.0. The fraction of sp³-hybridized carbons (Fsp3) is 1.00. The van der Waals surface area contributed by atoms with Gasteiger partial charge in [0, 0.05) is 18.6 Å². The summed E-state index contributed by atoms with van der Waals surface area (Å²) in [5.74, 6) is 0. The molecule has 2 nitrogen and oxygen atoms in total. The van der Waals surface area contributed by atoms with Gasteiger partial charge in [-0.05, 0) is 25.8 Å². The third-order valence-corrected chi connectivity index (χ3v) is 3.21. The lowest BCUT2D eigenvalue weighted by atomic mass is 9.69. The highest BCUT2D eigenvalue weighted by Gasteiger charge is 2.35. The van der Waals surface area contributed by atoms with Crippen molar-refractivity contribution in [3.8, 4) is 0 Å². The van der Waals surface area contributed by atoms with E-state index >= 15 is 0 Å². The Bertz CT molecular complexity index is 127. The molecule has 0 radical (unpaired) electrons. The molecule has 2 heteroatoms. The first-order chi connectivity index (χ1) is 6.33. The summed E-state index contributed by atoms with van der Waals surface area (Å²) in [5.41, 5.74) is 0.256. The van der Waals surface area contributed by atoms with Crippen LogP contribution in [0, 0.1) is 5.41 Å². The van der Waals surface area contributed by atoms with E-state index in [2.05, 4.69) is 12.2 Å². The van der Waals surface area contributed by atoms with E-state index in [0.717, 1.165) is 13.1 Å². The lowest BCUT2D eigenvalue weighted by Gasteiger charge is -2.40. The van der Waals surface area contributed by atoms with Crippen LogP contribution >= 0.6 is 0 Å². The predicted molar refractivity (Wildman–Crippen MR) is 55.8 cm³/mol. The standard InChI is InChI=1S/C11H23NO/c1-2-3-4-8-12-9-11(10-13)6-5-7-11/h12-13H,2-10H2,1H3. The monoisotopic (exact) mass is 185 g/mol. The topological polar surface area (TPSA) is 32.3 Å². The number of hydrogen-bond donors (Lipinski definition) is 2. The van der Waals surface area contributed by atoms with Crippen molar-refractivity contribution >= 4 is 0 Å². The van der Waals surface area contributed by atoms with Gasteiger partial charge in [-0.25, -0.2) is 0 Å². The molecule has 0 aliphatic heterocycles. The van der Waals surface area contributed by atoms with Crippen molar-refractivity contribution < 1.29 is 5.11 Å². The van der Waals surface area contributed by atoms with Crippen LogP contribution in [0.5, 0.6) is 0 Å². The molecular weight excluding hydrogens is 162 g/mol. The van der Waals surface area contributed by atoms with Gasteiger partial charge >= 0.3 is 0 Å². The first-order valence-corrected chi connectivity index (χ1v) is 5.64. The van der Waals surface area contributed by atoms with Gasteiger partial charge in [0.2, 0.25) is 0 Å². The quantitative estimate of drug-likeness (QED) is 0.594. The maximum Gasteiger partial charge on any atom is 0.0499 e. The molecule has 0 aromatic rings. The van der Waals surface area contributed by atoms with E-state index in [9.17, 15) is 5.11 Å². The molecule has 1 aliphatic carbocycles. The normalized spacial score (nSPS) is 19.8. The summed E-state index contributed by atoms with van der Waals surface area (Å²) in [7, 11) is 0. The van der Waals surface area contributed by atoms with Gasteiger partial charge in [-0.2, -0.15) is 0 Å². The van der Waals surface area contributed by atoms with E-state index in [1.54, 1.807) is 0 Å². The van der Waals surface area contributed by atoms with Crippen LogP contribution in [0.3, 0.4) is 0 Å². The summed E-state index contributed by atoms with van der Waals surface area (Å²) >= 11 is 0. The predicted octanol–water partition coefficient (Wildman–Crippen LogP) is 1.93. The Morgan fingerprint density at radius 2 is 2.08 bits per heavy atom. The SMILES string of the molecule is CCCCCNCC1(CO)CCC1. The molecule has 0 unspecified atom stereocenters.